The van der Waals surface area contributed by atoms with Gasteiger partial charge in [0.15, 0.2) is 12.2 Å². The minimum Gasteiger partial charge on any atom is -0.462 e. The topological polar surface area (TPSA) is 237 Å². The van der Waals surface area contributed by atoms with Crippen LogP contribution in [0.5, 0.6) is 0 Å². The monoisotopic (exact) mass is 1450 g/mol. The molecule has 0 heterocycles. The van der Waals surface area contributed by atoms with Crippen molar-refractivity contribution in [3.8, 4) is 0 Å². The van der Waals surface area contributed by atoms with Crippen LogP contribution in [-0.4, -0.2) is 96.7 Å². The standard InChI is InChI=1S/C80H156O17P2/c1-8-11-12-13-14-15-16-17-18-19-20-21-22-25-29-32-42-49-56-63-79(84)96-75(67-90-77(82)61-54-47-40-31-28-26-23-24-27-30-37-44-51-58-71(4)5)69-94-98(86,87)92-65-74(81)66-93-99(88,89)95-70-76(97-80(85)64-57-50-43-36-34-39-46-53-60-73(7)10-3)68-91-78(83)62-55-48-41-35-33-38-45-52-59-72(6)9-2/h71-76,81H,8-70H2,1-7H3,(H,86,87)(H,88,89)/t72?,73?,74-,75-,76-/m1/s1. The fourth-order valence-electron chi connectivity index (χ4n) is 12.2. The summed E-state index contributed by atoms with van der Waals surface area (Å²) < 4.78 is 68.7. The first-order chi connectivity index (χ1) is 47.8. The molecular weight excluding hydrogens is 1290 g/mol. The van der Waals surface area contributed by atoms with E-state index < -0.39 is 97.5 Å². The van der Waals surface area contributed by atoms with E-state index in [4.69, 9.17) is 37.0 Å². The molecule has 19 heteroatoms. The molecule has 0 saturated heterocycles. The number of hydrogen-bond donors (Lipinski definition) is 3. The van der Waals surface area contributed by atoms with Gasteiger partial charge >= 0.3 is 39.5 Å². The Balaban J connectivity index is 5.26. The first-order valence-corrected chi connectivity index (χ1v) is 44.4. The number of aliphatic hydroxyl groups excluding tert-OH is 1. The van der Waals surface area contributed by atoms with Gasteiger partial charge in [-0.2, -0.15) is 0 Å². The highest BCUT2D eigenvalue weighted by Gasteiger charge is 2.30. The molecular formula is C80H156O17P2. The summed E-state index contributed by atoms with van der Waals surface area (Å²) >= 11 is 0. The molecule has 0 saturated carbocycles. The van der Waals surface area contributed by atoms with E-state index in [1.165, 1.54) is 225 Å². The van der Waals surface area contributed by atoms with E-state index >= 15 is 0 Å². The molecule has 99 heavy (non-hydrogen) atoms. The molecule has 0 aromatic carbocycles. The highest BCUT2D eigenvalue weighted by Crippen LogP contribution is 2.45. The van der Waals surface area contributed by atoms with Gasteiger partial charge in [-0.1, -0.05) is 363 Å². The van der Waals surface area contributed by atoms with Gasteiger partial charge in [-0.25, -0.2) is 9.13 Å². The number of phosphoric acid groups is 2. The van der Waals surface area contributed by atoms with Crippen molar-refractivity contribution in [3.05, 3.63) is 0 Å². The predicted molar refractivity (Wildman–Crippen MR) is 405 cm³/mol. The number of ether oxygens (including phenoxy) is 4. The second kappa shape index (κ2) is 70.4. The summed E-state index contributed by atoms with van der Waals surface area (Å²) in [5, 5.41) is 10.6. The molecule has 17 nitrogen and oxygen atoms in total. The quantitative estimate of drug-likeness (QED) is 0.0222. The van der Waals surface area contributed by atoms with Gasteiger partial charge in [0.2, 0.25) is 0 Å². The van der Waals surface area contributed by atoms with Crippen LogP contribution in [0.1, 0.15) is 414 Å². The normalized spacial score (nSPS) is 14.5. The number of unbranched alkanes of at least 4 members (excludes halogenated alkanes) is 44. The Labute approximate surface area is 607 Å². The highest BCUT2D eigenvalue weighted by atomic mass is 31.2. The second-order valence-corrected chi connectivity index (χ2v) is 32.7. The zero-order chi connectivity index (χ0) is 73.0. The predicted octanol–water partition coefficient (Wildman–Crippen LogP) is 23.7. The zero-order valence-corrected chi connectivity index (χ0v) is 66.8. The summed E-state index contributed by atoms with van der Waals surface area (Å²) in [6.07, 6.45) is 58.2. The Kier molecular flexibility index (Phi) is 69.0. The summed E-state index contributed by atoms with van der Waals surface area (Å²) in [4.78, 5) is 73.0. The van der Waals surface area contributed by atoms with Crippen molar-refractivity contribution in [2.24, 2.45) is 17.8 Å². The molecule has 0 aliphatic rings. The van der Waals surface area contributed by atoms with Crippen molar-refractivity contribution in [3.63, 3.8) is 0 Å². The average Bonchev–Trinajstić information content (AvgIpc) is 0.990. The molecule has 4 unspecified atom stereocenters. The molecule has 0 fully saturated rings. The molecule has 0 spiro atoms. The number of esters is 4. The molecule has 0 aromatic heterocycles. The fraction of sp³-hybridized carbons (Fsp3) is 0.950. The Hall–Kier alpha value is -1.94. The van der Waals surface area contributed by atoms with Crippen LogP contribution in [-0.2, 0) is 65.4 Å². The van der Waals surface area contributed by atoms with E-state index in [9.17, 15) is 43.2 Å². The van der Waals surface area contributed by atoms with Crippen LogP contribution in [0, 0.1) is 17.8 Å². The molecule has 0 radical (unpaired) electrons. The summed E-state index contributed by atoms with van der Waals surface area (Å²) in [6.45, 7) is 11.9. The summed E-state index contributed by atoms with van der Waals surface area (Å²) in [5.74, 6) is 0.224. The summed E-state index contributed by atoms with van der Waals surface area (Å²) in [7, 11) is -9.92. The SMILES string of the molecule is CCCCCCCCCCCCCCCCCCCCCC(=O)O[C@H](COC(=O)CCCCCCCCCCCCCCCC(C)C)COP(=O)(O)OC[C@@H](O)COP(=O)(O)OC[C@@H](COC(=O)CCCCCCCCCCC(C)CC)OC(=O)CCCCCCCCCCC(C)CC. The molecule has 0 bridgehead atoms. The van der Waals surface area contributed by atoms with E-state index in [1.807, 2.05) is 0 Å². The highest BCUT2D eigenvalue weighted by molar-refractivity contribution is 7.47. The van der Waals surface area contributed by atoms with Crippen molar-refractivity contribution in [2.75, 3.05) is 39.6 Å². The lowest BCUT2D eigenvalue weighted by Crippen LogP contribution is -2.30. The molecule has 0 aliphatic carbocycles. The van der Waals surface area contributed by atoms with Gasteiger partial charge in [0.25, 0.3) is 0 Å². The molecule has 3 N–H and O–H groups in total. The average molecular weight is 1450 g/mol. The number of carbonyl (C=O) groups is 4. The Morgan fingerprint density at radius 3 is 0.768 bits per heavy atom. The van der Waals surface area contributed by atoms with Gasteiger partial charge in [-0.15, -0.1) is 0 Å². The number of rotatable bonds is 78. The van der Waals surface area contributed by atoms with Gasteiger partial charge in [0.1, 0.15) is 19.3 Å². The summed E-state index contributed by atoms with van der Waals surface area (Å²) in [6, 6.07) is 0. The van der Waals surface area contributed by atoms with Crippen LogP contribution in [0.15, 0.2) is 0 Å². The van der Waals surface area contributed by atoms with Crippen molar-refractivity contribution < 1.29 is 80.2 Å². The van der Waals surface area contributed by atoms with Crippen molar-refractivity contribution >= 4 is 39.5 Å². The largest absolute Gasteiger partial charge is 0.472 e. The zero-order valence-electron chi connectivity index (χ0n) is 65.0. The molecule has 0 aliphatic heterocycles. The Morgan fingerprint density at radius 1 is 0.293 bits per heavy atom. The van der Waals surface area contributed by atoms with Crippen LogP contribution >= 0.6 is 15.6 Å². The maximum Gasteiger partial charge on any atom is 0.472 e. The molecule has 0 aromatic rings. The third kappa shape index (κ3) is 71.5. The van der Waals surface area contributed by atoms with E-state index in [1.54, 1.807) is 0 Å². The minimum absolute atomic E-state index is 0.105. The molecule has 588 valence electrons. The third-order valence-corrected chi connectivity index (χ3v) is 21.3. The summed E-state index contributed by atoms with van der Waals surface area (Å²) in [5.41, 5.74) is 0. The lowest BCUT2D eigenvalue weighted by Gasteiger charge is -2.21. The van der Waals surface area contributed by atoms with Crippen LogP contribution < -0.4 is 0 Å². The maximum absolute atomic E-state index is 13.1. The van der Waals surface area contributed by atoms with E-state index in [0.717, 1.165) is 108 Å². The number of hydrogen-bond acceptors (Lipinski definition) is 15. The first-order valence-electron chi connectivity index (χ1n) is 41.4. The maximum atomic E-state index is 13.1. The number of carbonyl (C=O) groups excluding carboxylic acids is 4. The van der Waals surface area contributed by atoms with Gasteiger partial charge in [-0.05, 0) is 43.4 Å². The van der Waals surface area contributed by atoms with Crippen molar-refractivity contribution in [1.29, 1.82) is 0 Å². The fourth-order valence-corrected chi connectivity index (χ4v) is 13.8. The Morgan fingerprint density at radius 2 is 0.515 bits per heavy atom. The third-order valence-electron chi connectivity index (χ3n) is 19.4. The number of aliphatic hydroxyl groups is 1. The van der Waals surface area contributed by atoms with Gasteiger partial charge < -0.3 is 33.8 Å². The van der Waals surface area contributed by atoms with Gasteiger partial charge in [0.05, 0.1) is 26.4 Å². The van der Waals surface area contributed by atoms with E-state index in [2.05, 4.69) is 48.5 Å². The van der Waals surface area contributed by atoms with Crippen LogP contribution in [0.2, 0.25) is 0 Å². The molecule has 7 atom stereocenters. The lowest BCUT2D eigenvalue weighted by atomic mass is 9.99. The van der Waals surface area contributed by atoms with Crippen LogP contribution in [0.4, 0.5) is 0 Å². The minimum atomic E-state index is -4.96. The number of phosphoric ester groups is 2. The van der Waals surface area contributed by atoms with Crippen LogP contribution in [0.25, 0.3) is 0 Å². The van der Waals surface area contributed by atoms with Gasteiger partial charge in [0, 0.05) is 25.7 Å². The van der Waals surface area contributed by atoms with E-state index in [-0.39, 0.29) is 25.7 Å². The first kappa shape index (κ1) is 97.1. The lowest BCUT2D eigenvalue weighted by molar-refractivity contribution is -0.161. The smallest absolute Gasteiger partial charge is 0.462 e. The van der Waals surface area contributed by atoms with Crippen molar-refractivity contribution in [2.45, 2.75) is 433 Å². The second-order valence-electron chi connectivity index (χ2n) is 29.8. The van der Waals surface area contributed by atoms with E-state index in [0.29, 0.717) is 25.7 Å². The van der Waals surface area contributed by atoms with Crippen LogP contribution in [0.3, 0.4) is 0 Å². The van der Waals surface area contributed by atoms with Crippen molar-refractivity contribution in [1.82, 2.24) is 0 Å². The Bertz CT molecular complexity index is 1930. The molecule has 0 rings (SSSR count). The molecule has 0 amide bonds. The van der Waals surface area contributed by atoms with Gasteiger partial charge in [-0.3, -0.25) is 37.3 Å².